The highest BCUT2D eigenvalue weighted by Crippen LogP contribution is 1.69. The van der Waals surface area contributed by atoms with E-state index < -0.39 is 0 Å². The number of hydrogen-bond acceptors (Lipinski definition) is 2. The molecule has 0 fully saturated rings. The molecule has 0 aromatic rings. The van der Waals surface area contributed by atoms with Gasteiger partial charge in [0.15, 0.2) is 0 Å². The van der Waals surface area contributed by atoms with Crippen LogP contribution in [0.15, 0.2) is 0 Å². The molecule has 4 nitrogen and oxygen atoms in total. The minimum absolute atomic E-state index is 0.0926. The van der Waals surface area contributed by atoms with Gasteiger partial charge in [0.05, 0.1) is 0 Å². The van der Waals surface area contributed by atoms with Gasteiger partial charge in [-0.3, -0.25) is 9.59 Å². The Kier molecular flexibility index (Phi) is 9.06. The van der Waals surface area contributed by atoms with Gasteiger partial charge >= 0.3 is 0 Å². The number of nitrogens with zero attached hydrogens (tertiary/aromatic N) is 1. The van der Waals surface area contributed by atoms with Gasteiger partial charge in [-0.1, -0.05) is 6.92 Å². The molecule has 0 bridgehead atoms. The minimum Gasteiger partial charge on any atom is -0.359 e. The van der Waals surface area contributed by atoms with Gasteiger partial charge < -0.3 is 10.2 Å². The molecule has 0 saturated heterocycles. The fourth-order valence-corrected chi connectivity index (χ4v) is 0.177. The van der Waals surface area contributed by atoms with Crippen molar-refractivity contribution in [2.45, 2.75) is 20.3 Å². The third-order valence-corrected chi connectivity index (χ3v) is 1.23. The van der Waals surface area contributed by atoms with Crippen LogP contribution in [0.1, 0.15) is 20.3 Å². The molecule has 0 heterocycles. The highest BCUT2D eigenvalue weighted by molar-refractivity contribution is 5.75. The van der Waals surface area contributed by atoms with E-state index in [1.807, 2.05) is 6.92 Å². The SMILES string of the molecule is CC(=O)N(C)C.CCC(=O)NC. The summed E-state index contributed by atoms with van der Waals surface area (Å²) in [5.74, 6) is 0.185. The van der Waals surface area contributed by atoms with E-state index in [0.29, 0.717) is 6.42 Å². The first-order valence-electron chi connectivity index (χ1n) is 3.84. The fraction of sp³-hybridized carbons (Fsp3) is 0.750. The molecule has 4 heteroatoms. The van der Waals surface area contributed by atoms with E-state index in [0.717, 1.165) is 0 Å². The number of hydrogen-bond donors (Lipinski definition) is 1. The summed E-state index contributed by atoms with van der Waals surface area (Å²) in [7, 11) is 5.08. The Bertz CT molecular complexity index is 136. The fourth-order valence-electron chi connectivity index (χ4n) is 0.177. The molecule has 72 valence electrons. The third kappa shape index (κ3) is 11.7. The largest absolute Gasteiger partial charge is 0.359 e. The van der Waals surface area contributed by atoms with Crippen LogP contribution in [0, 0.1) is 0 Å². The number of carbonyl (C=O) groups excluding carboxylic acids is 2. The Balaban J connectivity index is 0. The van der Waals surface area contributed by atoms with Gasteiger partial charge in [0.25, 0.3) is 0 Å². The van der Waals surface area contributed by atoms with Crippen LogP contribution < -0.4 is 5.32 Å². The van der Waals surface area contributed by atoms with E-state index in [1.165, 1.54) is 11.8 Å². The quantitative estimate of drug-likeness (QED) is 0.619. The van der Waals surface area contributed by atoms with E-state index in [-0.39, 0.29) is 11.8 Å². The molecule has 0 aromatic heterocycles. The van der Waals surface area contributed by atoms with Crippen molar-refractivity contribution in [2.24, 2.45) is 0 Å². The lowest BCUT2D eigenvalue weighted by Gasteiger charge is -2.02. The second-order valence-corrected chi connectivity index (χ2v) is 2.44. The number of nitrogens with one attached hydrogen (secondary N) is 1. The van der Waals surface area contributed by atoms with Crippen LogP contribution in [-0.4, -0.2) is 37.9 Å². The maximum atomic E-state index is 10.1. The van der Waals surface area contributed by atoms with Crippen LogP contribution in [0.25, 0.3) is 0 Å². The first-order valence-corrected chi connectivity index (χ1v) is 3.84. The summed E-state index contributed by atoms with van der Waals surface area (Å²) < 4.78 is 0. The molecule has 0 spiro atoms. The van der Waals surface area contributed by atoms with Gasteiger partial charge in [-0.2, -0.15) is 0 Å². The third-order valence-electron chi connectivity index (χ3n) is 1.23. The summed E-state index contributed by atoms with van der Waals surface area (Å²) in [6.07, 6.45) is 0.580. The molecular weight excluding hydrogens is 156 g/mol. The minimum atomic E-state index is 0.0926. The molecule has 12 heavy (non-hydrogen) atoms. The lowest BCUT2D eigenvalue weighted by molar-refractivity contribution is -0.126. The zero-order chi connectivity index (χ0) is 10.1. The van der Waals surface area contributed by atoms with E-state index in [1.54, 1.807) is 21.1 Å². The van der Waals surface area contributed by atoms with Gasteiger partial charge in [0, 0.05) is 34.5 Å². The van der Waals surface area contributed by atoms with Crippen molar-refractivity contribution in [3.05, 3.63) is 0 Å². The summed E-state index contributed by atoms with van der Waals surface area (Å²) in [6.45, 7) is 3.35. The lowest BCUT2D eigenvalue weighted by atomic mass is 10.5. The highest BCUT2D eigenvalue weighted by Gasteiger charge is 1.87. The standard InChI is InChI=1S/2C4H9NO/c1-4(6)5(2)3;1-3-4(6)5-2/h1-3H3;3H2,1-2H3,(H,5,6). The number of carbonyl (C=O) groups is 2. The molecule has 0 aromatic carbocycles. The summed E-state index contributed by atoms with van der Waals surface area (Å²) >= 11 is 0. The van der Waals surface area contributed by atoms with Crippen LogP contribution in [0.2, 0.25) is 0 Å². The van der Waals surface area contributed by atoms with E-state index in [4.69, 9.17) is 0 Å². The lowest BCUT2D eigenvalue weighted by Crippen LogP contribution is -2.17. The van der Waals surface area contributed by atoms with Crippen LogP contribution in [0.3, 0.4) is 0 Å². The predicted octanol–water partition coefficient (Wildman–Crippen LogP) is 0.237. The first kappa shape index (κ1) is 13.5. The van der Waals surface area contributed by atoms with Gasteiger partial charge in [0.1, 0.15) is 0 Å². The smallest absolute Gasteiger partial charge is 0.219 e. The van der Waals surface area contributed by atoms with E-state index in [9.17, 15) is 9.59 Å². The zero-order valence-corrected chi connectivity index (χ0v) is 8.47. The maximum absolute atomic E-state index is 10.1. The Labute approximate surface area is 73.9 Å². The molecule has 0 aliphatic carbocycles. The number of rotatable bonds is 1. The molecule has 1 N–H and O–H groups in total. The molecular formula is C8H18N2O2. The topological polar surface area (TPSA) is 49.4 Å². The number of amides is 2. The van der Waals surface area contributed by atoms with Gasteiger partial charge in [-0.25, -0.2) is 0 Å². The molecule has 0 aliphatic heterocycles. The van der Waals surface area contributed by atoms with Crippen LogP contribution in [0.5, 0.6) is 0 Å². The molecule has 0 aliphatic rings. The summed E-state index contributed by atoms with van der Waals surface area (Å²) in [6, 6.07) is 0. The highest BCUT2D eigenvalue weighted by atomic mass is 16.2. The van der Waals surface area contributed by atoms with E-state index in [2.05, 4.69) is 5.32 Å². The van der Waals surface area contributed by atoms with Crippen molar-refractivity contribution in [1.82, 2.24) is 10.2 Å². The van der Waals surface area contributed by atoms with Crippen molar-refractivity contribution in [2.75, 3.05) is 21.1 Å². The van der Waals surface area contributed by atoms with Crippen LogP contribution >= 0.6 is 0 Å². The summed E-state index contributed by atoms with van der Waals surface area (Å²) in [5, 5.41) is 2.48. The Morgan fingerprint density at radius 2 is 1.67 bits per heavy atom. The van der Waals surface area contributed by atoms with Crippen molar-refractivity contribution in [3.8, 4) is 0 Å². The molecule has 0 radical (unpaired) electrons. The maximum Gasteiger partial charge on any atom is 0.219 e. The second-order valence-electron chi connectivity index (χ2n) is 2.44. The second kappa shape index (κ2) is 8.04. The zero-order valence-electron chi connectivity index (χ0n) is 8.47. The molecule has 2 amide bonds. The average Bonchev–Trinajstić information content (AvgIpc) is 2.04. The monoisotopic (exact) mass is 174 g/mol. The molecule has 0 unspecified atom stereocenters. The molecule has 0 saturated carbocycles. The van der Waals surface area contributed by atoms with Crippen LogP contribution in [-0.2, 0) is 9.59 Å². The van der Waals surface area contributed by atoms with Gasteiger partial charge in [-0.05, 0) is 0 Å². The summed E-state index contributed by atoms with van der Waals surface area (Å²) in [4.78, 5) is 21.7. The Hall–Kier alpha value is -1.06. The predicted molar refractivity (Wildman–Crippen MR) is 48.7 cm³/mol. The van der Waals surface area contributed by atoms with Gasteiger partial charge in [0.2, 0.25) is 11.8 Å². The normalized spacial score (nSPS) is 7.75. The van der Waals surface area contributed by atoms with Crippen molar-refractivity contribution >= 4 is 11.8 Å². The Morgan fingerprint density at radius 3 is 1.67 bits per heavy atom. The van der Waals surface area contributed by atoms with Crippen molar-refractivity contribution in [1.29, 1.82) is 0 Å². The van der Waals surface area contributed by atoms with Gasteiger partial charge in [-0.15, -0.1) is 0 Å². The summed E-state index contributed by atoms with van der Waals surface area (Å²) in [5.41, 5.74) is 0. The molecule has 0 rings (SSSR count). The van der Waals surface area contributed by atoms with Crippen molar-refractivity contribution in [3.63, 3.8) is 0 Å². The van der Waals surface area contributed by atoms with Crippen molar-refractivity contribution < 1.29 is 9.59 Å². The Morgan fingerprint density at radius 1 is 1.33 bits per heavy atom. The van der Waals surface area contributed by atoms with E-state index >= 15 is 0 Å². The first-order chi connectivity index (χ1) is 5.45. The average molecular weight is 174 g/mol. The van der Waals surface area contributed by atoms with Crippen LogP contribution in [0.4, 0.5) is 0 Å². The molecule has 0 atom stereocenters.